The van der Waals surface area contributed by atoms with Crippen LogP contribution in [-0.2, 0) is 6.54 Å². The average molecular weight is 242 g/mol. The summed E-state index contributed by atoms with van der Waals surface area (Å²) >= 11 is 12.0. The summed E-state index contributed by atoms with van der Waals surface area (Å²) in [5, 5.41) is 5.16. The topological polar surface area (TPSA) is 43.8 Å². The first-order chi connectivity index (χ1) is 7.22. The minimum Gasteiger partial charge on any atom is -0.326 e. The van der Waals surface area contributed by atoms with Gasteiger partial charge in [0, 0.05) is 18.3 Å². The van der Waals surface area contributed by atoms with Crippen molar-refractivity contribution in [3.05, 3.63) is 46.2 Å². The summed E-state index contributed by atoms with van der Waals surface area (Å²) in [5.41, 5.74) is 7.20. The predicted molar refractivity (Wildman–Crippen MR) is 61.5 cm³/mol. The number of hydrogen-bond donors (Lipinski definition) is 1. The molecule has 0 atom stereocenters. The van der Waals surface area contributed by atoms with Crippen LogP contribution in [0.25, 0.3) is 5.69 Å². The highest BCUT2D eigenvalue weighted by Crippen LogP contribution is 2.27. The molecule has 0 aliphatic rings. The Morgan fingerprint density at radius 3 is 2.80 bits per heavy atom. The summed E-state index contributed by atoms with van der Waals surface area (Å²) in [7, 11) is 0. The maximum Gasteiger partial charge on any atom is 0.0849 e. The van der Waals surface area contributed by atoms with E-state index in [-0.39, 0.29) is 0 Å². The van der Waals surface area contributed by atoms with Crippen molar-refractivity contribution >= 4 is 23.2 Å². The lowest BCUT2D eigenvalue weighted by Gasteiger charge is -2.04. The third kappa shape index (κ3) is 2.00. The summed E-state index contributed by atoms with van der Waals surface area (Å²) in [6.07, 6.45) is 3.54. The Hall–Kier alpha value is -1.03. The maximum atomic E-state index is 6.06. The smallest absolute Gasteiger partial charge is 0.0849 e. The van der Waals surface area contributed by atoms with Crippen molar-refractivity contribution in [2.24, 2.45) is 5.73 Å². The molecule has 1 aromatic heterocycles. The van der Waals surface area contributed by atoms with Gasteiger partial charge in [-0.2, -0.15) is 5.10 Å². The van der Waals surface area contributed by atoms with E-state index >= 15 is 0 Å². The quantitative estimate of drug-likeness (QED) is 0.879. The Bertz CT molecular complexity index is 479. The Labute approximate surface area is 97.4 Å². The molecule has 0 aliphatic heterocycles. The highest BCUT2D eigenvalue weighted by atomic mass is 35.5. The number of benzene rings is 1. The van der Waals surface area contributed by atoms with E-state index in [0.717, 1.165) is 11.3 Å². The van der Waals surface area contributed by atoms with Gasteiger partial charge in [-0.1, -0.05) is 29.3 Å². The molecule has 2 aromatic rings. The van der Waals surface area contributed by atoms with Crippen molar-refractivity contribution < 1.29 is 0 Å². The van der Waals surface area contributed by atoms with E-state index in [1.165, 1.54) is 0 Å². The molecule has 0 spiro atoms. The molecule has 3 nitrogen and oxygen atoms in total. The molecular weight excluding hydrogens is 233 g/mol. The van der Waals surface area contributed by atoms with Gasteiger partial charge in [-0.05, 0) is 12.1 Å². The lowest BCUT2D eigenvalue weighted by atomic mass is 10.3. The molecule has 2 rings (SSSR count). The van der Waals surface area contributed by atoms with Crippen molar-refractivity contribution in [1.82, 2.24) is 9.78 Å². The lowest BCUT2D eigenvalue weighted by molar-refractivity contribution is 0.880. The first-order valence-corrected chi connectivity index (χ1v) is 5.16. The van der Waals surface area contributed by atoms with Gasteiger partial charge in [0.15, 0.2) is 0 Å². The van der Waals surface area contributed by atoms with Crippen LogP contribution in [-0.4, -0.2) is 9.78 Å². The molecule has 0 unspecified atom stereocenters. The van der Waals surface area contributed by atoms with Crippen LogP contribution in [0.15, 0.2) is 30.6 Å². The molecule has 0 bridgehead atoms. The second-order valence-electron chi connectivity index (χ2n) is 3.07. The fraction of sp³-hybridized carbons (Fsp3) is 0.100. The number of nitrogens with two attached hydrogens (primary N) is 1. The SMILES string of the molecule is NCc1cnn(-c2cccc(Cl)c2Cl)c1. The molecule has 0 saturated heterocycles. The van der Waals surface area contributed by atoms with Gasteiger partial charge >= 0.3 is 0 Å². The van der Waals surface area contributed by atoms with E-state index in [4.69, 9.17) is 28.9 Å². The maximum absolute atomic E-state index is 6.06. The molecule has 2 N–H and O–H groups in total. The van der Waals surface area contributed by atoms with Crippen molar-refractivity contribution in [3.8, 4) is 5.69 Å². The molecule has 0 amide bonds. The molecule has 0 aliphatic carbocycles. The Morgan fingerprint density at radius 2 is 2.13 bits per heavy atom. The first kappa shape index (κ1) is 10.5. The van der Waals surface area contributed by atoms with Crippen LogP contribution in [0.1, 0.15) is 5.56 Å². The van der Waals surface area contributed by atoms with E-state index < -0.39 is 0 Å². The number of nitrogens with zero attached hydrogens (tertiary/aromatic N) is 2. The zero-order valence-corrected chi connectivity index (χ0v) is 9.33. The number of aromatic nitrogens is 2. The molecule has 78 valence electrons. The number of halogens is 2. The van der Waals surface area contributed by atoms with E-state index in [2.05, 4.69) is 5.10 Å². The van der Waals surface area contributed by atoms with Crippen LogP contribution < -0.4 is 5.73 Å². The van der Waals surface area contributed by atoms with Crippen LogP contribution in [0.3, 0.4) is 0 Å². The van der Waals surface area contributed by atoms with Gasteiger partial charge in [-0.15, -0.1) is 0 Å². The van der Waals surface area contributed by atoms with E-state index in [0.29, 0.717) is 16.6 Å². The third-order valence-corrected chi connectivity index (χ3v) is 2.86. The van der Waals surface area contributed by atoms with Crippen LogP contribution in [0, 0.1) is 0 Å². The molecule has 15 heavy (non-hydrogen) atoms. The molecule has 0 radical (unpaired) electrons. The Balaban J connectivity index is 2.49. The van der Waals surface area contributed by atoms with Gasteiger partial charge < -0.3 is 5.73 Å². The van der Waals surface area contributed by atoms with E-state index in [9.17, 15) is 0 Å². The van der Waals surface area contributed by atoms with Crippen molar-refractivity contribution in [3.63, 3.8) is 0 Å². The second-order valence-corrected chi connectivity index (χ2v) is 3.86. The van der Waals surface area contributed by atoms with E-state index in [1.807, 2.05) is 18.3 Å². The second kappa shape index (κ2) is 4.23. The highest BCUT2D eigenvalue weighted by Gasteiger charge is 2.07. The molecule has 0 saturated carbocycles. The summed E-state index contributed by atoms with van der Waals surface area (Å²) < 4.78 is 1.66. The molecule has 1 aromatic carbocycles. The summed E-state index contributed by atoms with van der Waals surface area (Å²) in [6, 6.07) is 5.41. The molecular formula is C10H9Cl2N3. The third-order valence-electron chi connectivity index (χ3n) is 2.05. The Morgan fingerprint density at radius 1 is 1.33 bits per heavy atom. The minimum atomic E-state index is 0.457. The summed E-state index contributed by atoms with van der Waals surface area (Å²) in [6.45, 7) is 0.457. The van der Waals surface area contributed by atoms with E-state index in [1.54, 1.807) is 16.9 Å². The van der Waals surface area contributed by atoms with Crippen LogP contribution in [0.2, 0.25) is 10.0 Å². The normalized spacial score (nSPS) is 10.6. The Kier molecular flexibility index (Phi) is 2.95. The van der Waals surface area contributed by atoms with Crippen LogP contribution in [0.5, 0.6) is 0 Å². The van der Waals surface area contributed by atoms with Crippen LogP contribution >= 0.6 is 23.2 Å². The van der Waals surface area contributed by atoms with Gasteiger partial charge in [-0.25, -0.2) is 4.68 Å². The fourth-order valence-electron chi connectivity index (χ4n) is 1.27. The predicted octanol–water partition coefficient (Wildman–Crippen LogP) is 2.64. The van der Waals surface area contributed by atoms with Gasteiger partial charge in [-0.3, -0.25) is 0 Å². The fourth-order valence-corrected chi connectivity index (χ4v) is 1.65. The monoisotopic (exact) mass is 241 g/mol. The zero-order valence-electron chi connectivity index (χ0n) is 7.82. The van der Waals surface area contributed by atoms with Crippen molar-refractivity contribution in [1.29, 1.82) is 0 Å². The highest BCUT2D eigenvalue weighted by molar-refractivity contribution is 6.43. The van der Waals surface area contributed by atoms with Gasteiger partial charge in [0.2, 0.25) is 0 Å². The molecule has 5 heteroatoms. The average Bonchev–Trinajstić information content (AvgIpc) is 2.70. The van der Waals surface area contributed by atoms with Gasteiger partial charge in [0.05, 0.1) is 21.9 Å². The molecule has 1 heterocycles. The largest absolute Gasteiger partial charge is 0.326 e. The summed E-state index contributed by atoms with van der Waals surface area (Å²) in [4.78, 5) is 0. The van der Waals surface area contributed by atoms with Crippen LogP contribution in [0.4, 0.5) is 0 Å². The lowest BCUT2D eigenvalue weighted by Crippen LogP contribution is -1.96. The van der Waals surface area contributed by atoms with Crippen molar-refractivity contribution in [2.45, 2.75) is 6.54 Å². The first-order valence-electron chi connectivity index (χ1n) is 4.40. The molecule has 0 fully saturated rings. The van der Waals surface area contributed by atoms with Crippen molar-refractivity contribution in [2.75, 3.05) is 0 Å². The van der Waals surface area contributed by atoms with Gasteiger partial charge in [0.25, 0.3) is 0 Å². The minimum absolute atomic E-state index is 0.457. The number of rotatable bonds is 2. The number of hydrogen-bond acceptors (Lipinski definition) is 2. The standard InChI is InChI=1S/C10H9Cl2N3/c11-8-2-1-3-9(10(8)12)15-6-7(4-13)5-14-15/h1-3,5-6H,4,13H2. The van der Waals surface area contributed by atoms with Gasteiger partial charge in [0.1, 0.15) is 0 Å². The summed E-state index contributed by atoms with van der Waals surface area (Å²) in [5.74, 6) is 0. The zero-order chi connectivity index (χ0) is 10.8.